The number of hydrogen-bond donors (Lipinski definition) is 2. The summed E-state index contributed by atoms with van der Waals surface area (Å²) in [4.78, 5) is 21.3. The first-order chi connectivity index (χ1) is 15.6. The molecule has 0 bridgehead atoms. The predicted molar refractivity (Wildman–Crippen MR) is 123 cm³/mol. The number of anilines is 3. The van der Waals surface area contributed by atoms with Gasteiger partial charge in [0.05, 0.1) is 32.4 Å². The fourth-order valence-corrected chi connectivity index (χ4v) is 3.29. The molecule has 8 heteroatoms. The Bertz CT molecular complexity index is 1260. The summed E-state index contributed by atoms with van der Waals surface area (Å²) in [6.07, 6.45) is 1.48. The molecule has 32 heavy (non-hydrogen) atoms. The monoisotopic (exact) mass is 430 g/mol. The van der Waals surface area contributed by atoms with Crippen molar-refractivity contribution in [3.8, 4) is 17.2 Å². The number of carbonyl (C=O) groups excluding carboxylic acids is 1. The Hall–Kier alpha value is -4.33. The topological polar surface area (TPSA) is 94.6 Å². The van der Waals surface area contributed by atoms with E-state index in [-0.39, 0.29) is 5.91 Å². The van der Waals surface area contributed by atoms with Gasteiger partial charge in [0.1, 0.15) is 17.9 Å². The third kappa shape index (κ3) is 4.24. The molecular weight excluding hydrogens is 408 g/mol. The molecule has 4 rings (SSSR count). The van der Waals surface area contributed by atoms with Gasteiger partial charge < -0.3 is 24.8 Å². The first-order valence-electron chi connectivity index (χ1n) is 9.81. The van der Waals surface area contributed by atoms with Gasteiger partial charge in [0.15, 0.2) is 11.5 Å². The van der Waals surface area contributed by atoms with E-state index in [0.717, 1.165) is 16.6 Å². The second kappa shape index (κ2) is 9.22. The van der Waals surface area contributed by atoms with E-state index in [0.29, 0.717) is 34.3 Å². The van der Waals surface area contributed by atoms with Crippen molar-refractivity contribution in [2.75, 3.05) is 32.0 Å². The van der Waals surface area contributed by atoms with Crippen molar-refractivity contribution in [1.82, 2.24) is 9.97 Å². The largest absolute Gasteiger partial charge is 0.496 e. The Morgan fingerprint density at radius 3 is 2.16 bits per heavy atom. The molecule has 0 aliphatic heterocycles. The van der Waals surface area contributed by atoms with Crippen LogP contribution < -0.4 is 24.8 Å². The number of benzene rings is 3. The first kappa shape index (κ1) is 20.9. The quantitative estimate of drug-likeness (QED) is 0.441. The van der Waals surface area contributed by atoms with Gasteiger partial charge >= 0.3 is 0 Å². The van der Waals surface area contributed by atoms with Crippen molar-refractivity contribution in [1.29, 1.82) is 0 Å². The molecule has 0 spiro atoms. The van der Waals surface area contributed by atoms with Gasteiger partial charge in [0.25, 0.3) is 5.91 Å². The highest BCUT2D eigenvalue weighted by Gasteiger charge is 2.13. The van der Waals surface area contributed by atoms with E-state index in [1.54, 1.807) is 38.5 Å². The fraction of sp³-hybridized carbons (Fsp3) is 0.125. The number of carbonyl (C=O) groups is 1. The molecule has 0 fully saturated rings. The Morgan fingerprint density at radius 2 is 1.44 bits per heavy atom. The number of hydrogen-bond acceptors (Lipinski definition) is 7. The summed E-state index contributed by atoms with van der Waals surface area (Å²) >= 11 is 0. The Balaban J connectivity index is 1.54. The normalized spacial score (nSPS) is 10.5. The van der Waals surface area contributed by atoms with Gasteiger partial charge in [0, 0.05) is 22.8 Å². The van der Waals surface area contributed by atoms with Gasteiger partial charge in [-0.1, -0.05) is 12.1 Å². The lowest BCUT2D eigenvalue weighted by Crippen LogP contribution is -2.13. The summed E-state index contributed by atoms with van der Waals surface area (Å²) in [6.45, 7) is 0. The first-order valence-corrected chi connectivity index (χ1v) is 9.81. The van der Waals surface area contributed by atoms with E-state index in [1.807, 2.05) is 36.4 Å². The highest BCUT2D eigenvalue weighted by Crippen LogP contribution is 2.34. The van der Waals surface area contributed by atoms with Crippen LogP contribution in [-0.2, 0) is 0 Å². The van der Waals surface area contributed by atoms with Crippen LogP contribution in [0.5, 0.6) is 17.2 Å². The molecule has 0 atom stereocenters. The SMILES string of the molecule is COc1cc2ncnc(Nc3ccc(NC(=O)c4ccccc4OC)cc3)c2cc1OC. The van der Waals surface area contributed by atoms with Crippen molar-refractivity contribution in [3.63, 3.8) is 0 Å². The standard InChI is InChI=1S/C24H22N4O4/c1-30-20-7-5-4-6-17(20)24(29)28-16-10-8-15(9-11-16)27-23-18-12-21(31-2)22(32-3)13-19(18)25-14-26-23/h4-14H,1-3H3,(H,28,29)(H,25,26,27). The van der Waals surface area contributed by atoms with E-state index in [1.165, 1.54) is 13.4 Å². The zero-order valence-electron chi connectivity index (χ0n) is 17.9. The van der Waals surface area contributed by atoms with Crippen LogP contribution in [-0.4, -0.2) is 37.2 Å². The third-order valence-corrected chi connectivity index (χ3v) is 4.90. The van der Waals surface area contributed by atoms with Gasteiger partial charge in [-0.3, -0.25) is 4.79 Å². The lowest BCUT2D eigenvalue weighted by molar-refractivity contribution is 0.102. The average Bonchev–Trinajstić information content (AvgIpc) is 2.84. The summed E-state index contributed by atoms with van der Waals surface area (Å²) in [7, 11) is 4.70. The third-order valence-electron chi connectivity index (χ3n) is 4.90. The van der Waals surface area contributed by atoms with E-state index >= 15 is 0 Å². The molecule has 0 saturated carbocycles. The molecule has 8 nitrogen and oxygen atoms in total. The van der Waals surface area contributed by atoms with Crippen LogP contribution in [0.2, 0.25) is 0 Å². The van der Waals surface area contributed by atoms with Crippen LogP contribution in [0.3, 0.4) is 0 Å². The number of rotatable bonds is 7. The summed E-state index contributed by atoms with van der Waals surface area (Å²) in [5.74, 6) is 2.09. The molecule has 0 aliphatic carbocycles. The van der Waals surface area contributed by atoms with Crippen LogP contribution in [0.15, 0.2) is 67.0 Å². The molecule has 162 valence electrons. The number of fused-ring (bicyclic) bond motifs is 1. The number of nitrogens with one attached hydrogen (secondary N) is 2. The maximum absolute atomic E-state index is 12.6. The molecule has 0 radical (unpaired) electrons. The number of methoxy groups -OCH3 is 3. The van der Waals surface area contributed by atoms with Crippen LogP contribution in [0.4, 0.5) is 17.2 Å². The van der Waals surface area contributed by atoms with Crippen molar-refractivity contribution in [2.45, 2.75) is 0 Å². The second-order valence-electron chi connectivity index (χ2n) is 6.80. The number of nitrogens with zero attached hydrogens (tertiary/aromatic N) is 2. The summed E-state index contributed by atoms with van der Waals surface area (Å²) in [5, 5.41) is 6.96. The molecule has 4 aromatic rings. The summed E-state index contributed by atoms with van der Waals surface area (Å²) in [6, 6.07) is 18.0. The van der Waals surface area contributed by atoms with Crippen molar-refractivity contribution < 1.29 is 19.0 Å². The Kier molecular flexibility index (Phi) is 6.03. The highest BCUT2D eigenvalue weighted by atomic mass is 16.5. The minimum Gasteiger partial charge on any atom is -0.496 e. The van der Waals surface area contributed by atoms with Crippen LogP contribution in [0, 0.1) is 0 Å². The molecule has 1 heterocycles. The molecule has 0 saturated heterocycles. The summed E-state index contributed by atoms with van der Waals surface area (Å²) < 4.78 is 16.0. The zero-order chi connectivity index (χ0) is 22.5. The van der Waals surface area contributed by atoms with Crippen molar-refractivity contribution in [3.05, 3.63) is 72.6 Å². The van der Waals surface area contributed by atoms with Gasteiger partial charge in [-0.25, -0.2) is 9.97 Å². The molecule has 1 aromatic heterocycles. The van der Waals surface area contributed by atoms with E-state index < -0.39 is 0 Å². The number of aromatic nitrogens is 2. The summed E-state index contributed by atoms with van der Waals surface area (Å²) in [5.41, 5.74) is 2.65. The maximum atomic E-state index is 12.6. The Labute approximate surface area is 185 Å². The Morgan fingerprint density at radius 1 is 0.781 bits per heavy atom. The van der Waals surface area contributed by atoms with Gasteiger partial charge in [0.2, 0.25) is 0 Å². The van der Waals surface area contributed by atoms with Crippen LogP contribution >= 0.6 is 0 Å². The second-order valence-corrected chi connectivity index (χ2v) is 6.80. The molecule has 0 aliphatic rings. The van der Waals surface area contributed by atoms with E-state index in [4.69, 9.17) is 14.2 Å². The fourth-order valence-electron chi connectivity index (χ4n) is 3.29. The highest BCUT2D eigenvalue weighted by molar-refractivity contribution is 6.06. The zero-order valence-corrected chi connectivity index (χ0v) is 17.9. The van der Waals surface area contributed by atoms with Crippen LogP contribution in [0.1, 0.15) is 10.4 Å². The maximum Gasteiger partial charge on any atom is 0.259 e. The average molecular weight is 430 g/mol. The van der Waals surface area contributed by atoms with Crippen molar-refractivity contribution >= 4 is 34.0 Å². The van der Waals surface area contributed by atoms with Crippen LogP contribution in [0.25, 0.3) is 10.9 Å². The number of ether oxygens (including phenoxy) is 3. The molecular formula is C24H22N4O4. The molecule has 1 amide bonds. The van der Waals surface area contributed by atoms with Gasteiger partial charge in [-0.15, -0.1) is 0 Å². The lowest BCUT2D eigenvalue weighted by atomic mass is 10.1. The van der Waals surface area contributed by atoms with E-state index in [2.05, 4.69) is 20.6 Å². The number of amides is 1. The van der Waals surface area contributed by atoms with Gasteiger partial charge in [-0.05, 0) is 42.5 Å². The predicted octanol–water partition coefficient (Wildman–Crippen LogP) is 4.65. The van der Waals surface area contributed by atoms with Crippen molar-refractivity contribution in [2.24, 2.45) is 0 Å². The van der Waals surface area contributed by atoms with Gasteiger partial charge in [-0.2, -0.15) is 0 Å². The molecule has 3 aromatic carbocycles. The molecule has 0 unspecified atom stereocenters. The molecule has 2 N–H and O–H groups in total. The van der Waals surface area contributed by atoms with E-state index in [9.17, 15) is 4.79 Å². The minimum atomic E-state index is -0.244. The smallest absolute Gasteiger partial charge is 0.259 e. The minimum absolute atomic E-state index is 0.244. The lowest BCUT2D eigenvalue weighted by Gasteiger charge is -2.13. The number of para-hydroxylation sites is 1.